The number of halogens is 1. The molecule has 0 aliphatic heterocycles. The van der Waals surface area contributed by atoms with Gasteiger partial charge in [0.1, 0.15) is 6.10 Å². The Morgan fingerprint density at radius 3 is 2.62 bits per heavy atom. The summed E-state index contributed by atoms with van der Waals surface area (Å²) < 4.78 is 5.60. The Morgan fingerprint density at radius 2 is 1.92 bits per heavy atom. The largest absolute Gasteiger partial charge is 0.472 e. The highest BCUT2D eigenvalue weighted by molar-refractivity contribution is 6.30. The predicted octanol–water partition coefficient (Wildman–Crippen LogP) is 2.45. The van der Waals surface area contributed by atoms with Crippen LogP contribution in [0.15, 0.2) is 12.4 Å². The van der Waals surface area contributed by atoms with Gasteiger partial charge in [-0.05, 0) is 25.7 Å². The van der Waals surface area contributed by atoms with Crippen molar-refractivity contribution in [2.75, 3.05) is 0 Å². The first kappa shape index (κ1) is 8.75. The molecule has 70 valence electrons. The standard InChI is InChI=1S/C9H11ClN2O/c10-8-9(12-6-5-11-8)13-7-3-1-2-4-7/h5-7H,1-4H2. The highest BCUT2D eigenvalue weighted by Gasteiger charge is 2.18. The van der Waals surface area contributed by atoms with Crippen LogP contribution in [0.2, 0.25) is 5.15 Å². The lowest BCUT2D eigenvalue weighted by molar-refractivity contribution is 0.200. The second-order valence-electron chi connectivity index (χ2n) is 3.18. The van der Waals surface area contributed by atoms with Gasteiger partial charge in [0.05, 0.1) is 0 Å². The van der Waals surface area contributed by atoms with E-state index in [0.717, 1.165) is 12.8 Å². The summed E-state index contributed by atoms with van der Waals surface area (Å²) in [6.45, 7) is 0. The quantitative estimate of drug-likeness (QED) is 0.732. The van der Waals surface area contributed by atoms with Crippen molar-refractivity contribution in [1.29, 1.82) is 0 Å². The van der Waals surface area contributed by atoms with Crippen LogP contribution in [0.25, 0.3) is 0 Å². The molecule has 0 radical (unpaired) electrons. The topological polar surface area (TPSA) is 35.0 Å². The lowest BCUT2D eigenvalue weighted by atomic mass is 10.3. The molecular formula is C9H11ClN2O. The van der Waals surface area contributed by atoms with Gasteiger partial charge >= 0.3 is 0 Å². The molecule has 1 aromatic heterocycles. The number of rotatable bonds is 2. The average Bonchev–Trinajstić information content (AvgIpc) is 2.61. The van der Waals surface area contributed by atoms with E-state index in [1.807, 2.05) is 0 Å². The van der Waals surface area contributed by atoms with Crippen molar-refractivity contribution >= 4 is 11.6 Å². The molecule has 0 spiro atoms. The van der Waals surface area contributed by atoms with Gasteiger partial charge in [-0.2, -0.15) is 0 Å². The normalized spacial score (nSPS) is 17.6. The van der Waals surface area contributed by atoms with Gasteiger partial charge in [-0.3, -0.25) is 0 Å². The predicted molar refractivity (Wildman–Crippen MR) is 49.9 cm³/mol. The van der Waals surface area contributed by atoms with Gasteiger partial charge < -0.3 is 4.74 Å². The second-order valence-corrected chi connectivity index (χ2v) is 3.53. The van der Waals surface area contributed by atoms with E-state index in [4.69, 9.17) is 16.3 Å². The lowest BCUT2D eigenvalue weighted by Crippen LogP contribution is -2.12. The molecule has 13 heavy (non-hydrogen) atoms. The zero-order valence-corrected chi connectivity index (χ0v) is 8.00. The van der Waals surface area contributed by atoms with Gasteiger partial charge in [-0.25, -0.2) is 9.97 Å². The third kappa shape index (κ3) is 2.10. The van der Waals surface area contributed by atoms with Crippen LogP contribution in [0, 0.1) is 0 Å². The van der Waals surface area contributed by atoms with E-state index in [1.54, 1.807) is 12.4 Å². The molecule has 0 saturated heterocycles. The van der Waals surface area contributed by atoms with Crippen LogP contribution in [0.1, 0.15) is 25.7 Å². The Hall–Kier alpha value is -0.830. The molecule has 1 aromatic rings. The SMILES string of the molecule is Clc1nccnc1OC1CCCC1. The molecular weight excluding hydrogens is 188 g/mol. The maximum Gasteiger partial charge on any atom is 0.252 e. The van der Waals surface area contributed by atoms with Crippen LogP contribution >= 0.6 is 11.6 Å². The first-order chi connectivity index (χ1) is 6.36. The summed E-state index contributed by atoms with van der Waals surface area (Å²) in [7, 11) is 0. The van der Waals surface area contributed by atoms with Crippen molar-refractivity contribution in [2.45, 2.75) is 31.8 Å². The van der Waals surface area contributed by atoms with E-state index in [9.17, 15) is 0 Å². The summed E-state index contributed by atoms with van der Waals surface area (Å²) in [5, 5.41) is 0.356. The maximum absolute atomic E-state index is 5.80. The minimum absolute atomic E-state index is 0.286. The molecule has 1 heterocycles. The highest BCUT2D eigenvalue weighted by atomic mass is 35.5. The Bertz CT molecular complexity index is 287. The summed E-state index contributed by atoms with van der Waals surface area (Å²) in [5.41, 5.74) is 0. The highest BCUT2D eigenvalue weighted by Crippen LogP contribution is 2.25. The molecule has 0 aromatic carbocycles. The van der Waals surface area contributed by atoms with Crippen molar-refractivity contribution in [2.24, 2.45) is 0 Å². The number of aromatic nitrogens is 2. The number of nitrogens with zero attached hydrogens (tertiary/aromatic N) is 2. The number of ether oxygens (including phenoxy) is 1. The summed E-state index contributed by atoms with van der Waals surface area (Å²) >= 11 is 5.80. The Labute approximate surface area is 82.1 Å². The van der Waals surface area contributed by atoms with Gasteiger partial charge in [0, 0.05) is 12.4 Å². The van der Waals surface area contributed by atoms with Gasteiger partial charge in [-0.1, -0.05) is 11.6 Å². The number of hydrogen-bond acceptors (Lipinski definition) is 3. The van der Waals surface area contributed by atoms with E-state index in [2.05, 4.69) is 9.97 Å². The average molecular weight is 199 g/mol. The summed E-state index contributed by atoms with van der Waals surface area (Å²) in [6.07, 6.45) is 8.12. The van der Waals surface area contributed by atoms with E-state index in [1.165, 1.54) is 12.8 Å². The molecule has 1 aliphatic rings. The van der Waals surface area contributed by atoms with Crippen LogP contribution in [0.5, 0.6) is 5.88 Å². The fraction of sp³-hybridized carbons (Fsp3) is 0.556. The fourth-order valence-corrected chi connectivity index (χ4v) is 1.70. The van der Waals surface area contributed by atoms with Gasteiger partial charge in [-0.15, -0.1) is 0 Å². The van der Waals surface area contributed by atoms with Gasteiger partial charge in [0.25, 0.3) is 5.88 Å². The first-order valence-corrected chi connectivity index (χ1v) is 4.87. The molecule has 1 saturated carbocycles. The molecule has 0 N–H and O–H groups in total. The molecule has 0 unspecified atom stereocenters. The molecule has 2 rings (SSSR count). The minimum Gasteiger partial charge on any atom is -0.472 e. The minimum atomic E-state index is 0.286. The maximum atomic E-state index is 5.80. The third-order valence-corrected chi connectivity index (χ3v) is 2.46. The summed E-state index contributed by atoms with van der Waals surface area (Å²) in [6, 6.07) is 0. The Kier molecular flexibility index (Phi) is 2.64. The van der Waals surface area contributed by atoms with E-state index in [-0.39, 0.29) is 6.10 Å². The van der Waals surface area contributed by atoms with Crippen molar-refractivity contribution in [3.63, 3.8) is 0 Å². The third-order valence-electron chi connectivity index (χ3n) is 2.20. The van der Waals surface area contributed by atoms with E-state index < -0.39 is 0 Å². The fourth-order valence-electron chi connectivity index (χ4n) is 1.55. The first-order valence-electron chi connectivity index (χ1n) is 4.49. The van der Waals surface area contributed by atoms with Crippen LogP contribution in [0.4, 0.5) is 0 Å². The van der Waals surface area contributed by atoms with E-state index >= 15 is 0 Å². The number of hydrogen-bond donors (Lipinski definition) is 0. The molecule has 3 nitrogen and oxygen atoms in total. The van der Waals surface area contributed by atoms with E-state index in [0.29, 0.717) is 11.0 Å². The van der Waals surface area contributed by atoms with Crippen LogP contribution in [-0.2, 0) is 0 Å². The lowest BCUT2D eigenvalue weighted by Gasteiger charge is -2.11. The molecule has 1 fully saturated rings. The molecule has 0 amide bonds. The Balaban J connectivity index is 2.04. The van der Waals surface area contributed by atoms with Crippen molar-refractivity contribution in [3.8, 4) is 5.88 Å². The van der Waals surface area contributed by atoms with Gasteiger partial charge in [0.15, 0.2) is 5.15 Å². The monoisotopic (exact) mass is 198 g/mol. The van der Waals surface area contributed by atoms with Crippen molar-refractivity contribution < 1.29 is 4.74 Å². The van der Waals surface area contributed by atoms with Crippen molar-refractivity contribution in [1.82, 2.24) is 9.97 Å². The van der Waals surface area contributed by atoms with Crippen molar-refractivity contribution in [3.05, 3.63) is 17.5 Å². The second kappa shape index (κ2) is 3.92. The zero-order valence-electron chi connectivity index (χ0n) is 7.24. The Morgan fingerprint density at radius 1 is 1.23 bits per heavy atom. The molecule has 4 heteroatoms. The summed E-state index contributed by atoms with van der Waals surface area (Å²) in [4.78, 5) is 7.92. The van der Waals surface area contributed by atoms with Crippen LogP contribution < -0.4 is 4.74 Å². The molecule has 0 atom stereocenters. The van der Waals surface area contributed by atoms with Gasteiger partial charge in [0.2, 0.25) is 0 Å². The smallest absolute Gasteiger partial charge is 0.252 e. The molecule has 1 aliphatic carbocycles. The van der Waals surface area contributed by atoms with Crippen LogP contribution in [0.3, 0.4) is 0 Å². The molecule has 0 bridgehead atoms. The van der Waals surface area contributed by atoms with Crippen LogP contribution in [-0.4, -0.2) is 16.1 Å². The summed E-state index contributed by atoms with van der Waals surface area (Å²) in [5.74, 6) is 0.469. The zero-order chi connectivity index (χ0) is 9.10.